The molecule has 2 aliphatic rings. The maximum absolute atomic E-state index is 12.3. The minimum Gasteiger partial charge on any atom is -0.323 e. The molecule has 0 bridgehead atoms. The molecule has 1 aromatic heterocycles. The van der Waals surface area contributed by atoms with Crippen LogP contribution in [0.2, 0.25) is 0 Å². The minimum atomic E-state index is -0.726. The predicted molar refractivity (Wildman–Crippen MR) is 75.4 cm³/mol. The summed E-state index contributed by atoms with van der Waals surface area (Å²) in [6.45, 7) is 0. The Kier molecular flexibility index (Phi) is 2.08. The summed E-state index contributed by atoms with van der Waals surface area (Å²) < 4.78 is 0. The van der Waals surface area contributed by atoms with E-state index >= 15 is 0 Å². The van der Waals surface area contributed by atoms with Gasteiger partial charge in [-0.3, -0.25) is 10.2 Å². The lowest BCUT2D eigenvalue weighted by atomic mass is 9.87. The number of hydrogen-bond acceptors (Lipinski definition) is 4. The lowest BCUT2D eigenvalue weighted by Gasteiger charge is -2.20. The number of benzene rings is 1. The molecule has 0 saturated carbocycles. The Morgan fingerprint density at radius 1 is 1.21 bits per heavy atom. The van der Waals surface area contributed by atoms with Gasteiger partial charge in [0.2, 0.25) is 0 Å². The van der Waals surface area contributed by atoms with Gasteiger partial charge in [-0.2, -0.15) is 5.10 Å². The van der Waals surface area contributed by atoms with E-state index in [-0.39, 0.29) is 5.91 Å². The summed E-state index contributed by atoms with van der Waals surface area (Å²) in [4.78, 5) is 13.4. The molecule has 0 radical (unpaired) electrons. The second kappa shape index (κ2) is 3.68. The number of nitrogens with one attached hydrogen (secondary N) is 2. The van der Waals surface area contributed by atoms with Gasteiger partial charge in [0.15, 0.2) is 5.54 Å². The minimum absolute atomic E-state index is 0.0241. The summed E-state index contributed by atoms with van der Waals surface area (Å²) in [6.07, 6.45) is 0.594. The first kappa shape index (κ1) is 10.8. The van der Waals surface area contributed by atoms with Crippen LogP contribution < -0.4 is 10.7 Å². The maximum Gasteiger partial charge on any atom is 0.256 e. The van der Waals surface area contributed by atoms with Crippen LogP contribution in [0.5, 0.6) is 0 Å². The maximum atomic E-state index is 12.3. The molecular weight excluding hydrogens is 258 g/mol. The van der Waals surface area contributed by atoms with Crippen molar-refractivity contribution in [1.82, 2.24) is 5.43 Å². The van der Waals surface area contributed by atoms with Gasteiger partial charge < -0.3 is 5.32 Å². The zero-order valence-electron chi connectivity index (χ0n) is 10.0. The third kappa shape index (κ3) is 1.39. The summed E-state index contributed by atoms with van der Waals surface area (Å²) in [5.74, 6) is -0.0241. The van der Waals surface area contributed by atoms with E-state index < -0.39 is 5.54 Å². The van der Waals surface area contributed by atoms with Crippen LogP contribution in [0.25, 0.3) is 0 Å². The third-order valence-corrected chi connectivity index (χ3v) is 4.56. The van der Waals surface area contributed by atoms with Crippen molar-refractivity contribution in [2.24, 2.45) is 5.10 Å². The Bertz CT molecular complexity index is 692. The summed E-state index contributed by atoms with van der Waals surface area (Å²) in [5, 5.41) is 9.32. The van der Waals surface area contributed by atoms with Gasteiger partial charge in [-0.15, -0.1) is 11.3 Å². The highest BCUT2D eigenvalue weighted by atomic mass is 32.1. The zero-order chi connectivity index (χ0) is 12.9. The van der Waals surface area contributed by atoms with Crippen molar-refractivity contribution < 1.29 is 4.79 Å². The van der Waals surface area contributed by atoms with Gasteiger partial charge in [0.1, 0.15) is 0 Å². The second-order valence-corrected chi connectivity index (χ2v) is 5.68. The van der Waals surface area contributed by atoms with Crippen LogP contribution in [-0.2, 0) is 10.3 Å². The van der Waals surface area contributed by atoms with Gasteiger partial charge >= 0.3 is 0 Å². The lowest BCUT2D eigenvalue weighted by Crippen LogP contribution is -2.42. The molecule has 0 aliphatic carbocycles. The number of nitrogens with zero attached hydrogens (tertiary/aromatic N) is 1. The van der Waals surface area contributed by atoms with E-state index in [0.29, 0.717) is 6.42 Å². The molecule has 19 heavy (non-hydrogen) atoms. The Balaban J connectivity index is 1.76. The van der Waals surface area contributed by atoms with E-state index in [4.69, 9.17) is 0 Å². The summed E-state index contributed by atoms with van der Waals surface area (Å²) in [6, 6.07) is 11.8. The molecular formula is C14H11N3OS. The Morgan fingerprint density at radius 3 is 2.95 bits per heavy atom. The van der Waals surface area contributed by atoms with Gasteiger partial charge in [0.05, 0.1) is 10.6 Å². The number of hydrazone groups is 1. The van der Waals surface area contributed by atoms with Crippen molar-refractivity contribution in [2.75, 3.05) is 5.32 Å². The first-order valence-electron chi connectivity index (χ1n) is 6.08. The highest BCUT2D eigenvalue weighted by Crippen LogP contribution is 2.41. The van der Waals surface area contributed by atoms with Crippen molar-refractivity contribution >= 4 is 28.6 Å². The number of carbonyl (C=O) groups is 1. The van der Waals surface area contributed by atoms with Gasteiger partial charge in [0.25, 0.3) is 5.91 Å². The summed E-state index contributed by atoms with van der Waals surface area (Å²) >= 11 is 1.64. The second-order valence-electron chi connectivity index (χ2n) is 4.73. The van der Waals surface area contributed by atoms with Crippen LogP contribution in [0, 0.1) is 0 Å². The molecule has 94 valence electrons. The summed E-state index contributed by atoms with van der Waals surface area (Å²) in [5.41, 5.74) is 5.14. The molecule has 2 aliphatic heterocycles. The fraction of sp³-hybridized carbons (Fsp3) is 0.143. The zero-order valence-corrected chi connectivity index (χ0v) is 10.8. The van der Waals surface area contributed by atoms with Crippen LogP contribution in [0.1, 0.15) is 16.9 Å². The number of thiophene rings is 1. The molecule has 4 nitrogen and oxygen atoms in total. The lowest BCUT2D eigenvalue weighted by molar-refractivity contribution is -0.121. The average Bonchev–Trinajstić information content (AvgIpc) is 3.13. The quantitative estimate of drug-likeness (QED) is 0.834. The molecule has 0 fully saturated rings. The highest BCUT2D eigenvalue weighted by molar-refractivity contribution is 7.12. The molecule has 3 heterocycles. The monoisotopic (exact) mass is 269 g/mol. The molecule has 2 aromatic rings. The van der Waals surface area contributed by atoms with E-state index in [1.165, 1.54) is 0 Å². The highest BCUT2D eigenvalue weighted by Gasteiger charge is 2.50. The molecule has 5 heteroatoms. The smallest absolute Gasteiger partial charge is 0.256 e. The Labute approximate surface area is 114 Å². The molecule has 0 unspecified atom stereocenters. The third-order valence-electron chi connectivity index (χ3n) is 3.64. The van der Waals surface area contributed by atoms with Gasteiger partial charge in [-0.25, -0.2) is 0 Å². The molecule has 0 saturated heterocycles. The van der Waals surface area contributed by atoms with Crippen molar-refractivity contribution in [3.05, 3.63) is 52.2 Å². The average molecular weight is 269 g/mol. The summed E-state index contributed by atoms with van der Waals surface area (Å²) in [7, 11) is 0. The van der Waals surface area contributed by atoms with Gasteiger partial charge in [-0.05, 0) is 17.5 Å². The molecule has 1 amide bonds. The van der Waals surface area contributed by atoms with Gasteiger partial charge in [-0.1, -0.05) is 24.3 Å². The molecule has 1 aromatic carbocycles. The molecule has 4 rings (SSSR count). The van der Waals surface area contributed by atoms with E-state index in [2.05, 4.69) is 15.8 Å². The van der Waals surface area contributed by atoms with E-state index in [9.17, 15) is 4.79 Å². The fourth-order valence-electron chi connectivity index (χ4n) is 2.68. The van der Waals surface area contributed by atoms with Crippen molar-refractivity contribution in [3.8, 4) is 0 Å². The number of hydrogen-bond donors (Lipinski definition) is 2. The van der Waals surface area contributed by atoms with Crippen LogP contribution >= 0.6 is 11.3 Å². The number of fused-ring (bicyclic) bond motifs is 2. The van der Waals surface area contributed by atoms with Crippen molar-refractivity contribution in [3.63, 3.8) is 0 Å². The Morgan fingerprint density at radius 2 is 2.11 bits per heavy atom. The largest absolute Gasteiger partial charge is 0.323 e. The van der Waals surface area contributed by atoms with Crippen LogP contribution in [0.3, 0.4) is 0 Å². The fourth-order valence-corrected chi connectivity index (χ4v) is 3.39. The number of carbonyl (C=O) groups excluding carboxylic acids is 1. The number of rotatable bonds is 1. The van der Waals surface area contributed by atoms with Crippen molar-refractivity contribution in [2.45, 2.75) is 12.0 Å². The molecule has 1 atom stereocenters. The topological polar surface area (TPSA) is 53.5 Å². The standard InChI is InChI=1S/C14H11N3OS/c18-13-14(9-4-1-2-5-10(9)15-13)8-11(16-17-14)12-6-3-7-19-12/h1-7,17H,8H2,(H,15,18)/t14-/m0/s1. The van der Waals surface area contributed by atoms with Gasteiger partial charge in [0, 0.05) is 17.7 Å². The number of anilines is 1. The predicted octanol–water partition coefficient (Wildman–Crippen LogP) is 2.29. The number of amides is 1. The van der Waals surface area contributed by atoms with Crippen LogP contribution in [0.15, 0.2) is 46.9 Å². The van der Waals surface area contributed by atoms with Crippen molar-refractivity contribution in [1.29, 1.82) is 0 Å². The molecule has 1 spiro atoms. The Hall–Kier alpha value is -2.14. The first-order chi connectivity index (χ1) is 9.29. The number of para-hydroxylation sites is 1. The van der Waals surface area contributed by atoms with E-state index in [1.807, 2.05) is 41.8 Å². The normalized spacial score (nSPS) is 24.0. The molecule has 2 N–H and O–H groups in total. The van der Waals surface area contributed by atoms with Crippen LogP contribution in [0.4, 0.5) is 5.69 Å². The van der Waals surface area contributed by atoms with Crippen LogP contribution in [-0.4, -0.2) is 11.6 Å². The van der Waals surface area contributed by atoms with E-state index in [0.717, 1.165) is 21.8 Å². The first-order valence-corrected chi connectivity index (χ1v) is 6.96. The van der Waals surface area contributed by atoms with E-state index in [1.54, 1.807) is 11.3 Å². The SMILES string of the molecule is O=C1Nc2ccccc2[C@@]12CC(c1cccs1)=NN2.